The number of nitrogens with one attached hydrogen (secondary N) is 1. The Balaban J connectivity index is 1.65. The molecule has 0 radical (unpaired) electrons. The van der Waals surface area contributed by atoms with Gasteiger partial charge in [0.25, 0.3) is 0 Å². The Kier molecular flexibility index (Phi) is 4.68. The topological polar surface area (TPSA) is 92.5 Å². The summed E-state index contributed by atoms with van der Waals surface area (Å²) < 4.78 is 30.7. The van der Waals surface area contributed by atoms with Crippen LogP contribution in [0.25, 0.3) is 17.2 Å². The molecule has 0 bridgehead atoms. The minimum absolute atomic E-state index is 0.183. The molecule has 1 N–H and O–H groups in total. The van der Waals surface area contributed by atoms with Gasteiger partial charge in [0.15, 0.2) is 5.58 Å². The van der Waals surface area contributed by atoms with Crippen molar-refractivity contribution in [3.63, 3.8) is 0 Å². The van der Waals surface area contributed by atoms with Crippen molar-refractivity contribution in [3.05, 3.63) is 36.2 Å². The first-order chi connectivity index (χ1) is 11.4. The minimum atomic E-state index is -3.27. The van der Waals surface area contributed by atoms with Crippen molar-refractivity contribution in [2.24, 2.45) is 0 Å². The fourth-order valence-corrected chi connectivity index (χ4v) is 3.58. The standard InChI is InChI=1S/C16H19N3O4S/c1-24(21,22)18-12-5-4-10-19(11-12)16(20)9-8-15-17-13-6-2-3-7-14(13)23-15/h2-3,6-9,12,18H,4-5,10-11H2,1H3/b9-8+. The van der Waals surface area contributed by atoms with Gasteiger partial charge in [0.05, 0.1) is 6.26 Å². The summed E-state index contributed by atoms with van der Waals surface area (Å²) in [6.07, 6.45) is 5.56. The highest BCUT2D eigenvalue weighted by atomic mass is 32.2. The molecule has 2 aromatic rings. The molecule has 1 aliphatic heterocycles. The molecule has 1 aromatic carbocycles. The smallest absolute Gasteiger partial charge is 0.246 e. The van der Waals surface area contributed by atoms with Crippen LogP contribution in [-0.2, 0) is 14.8 Å². The lowest BCUT2D eigenvalue weighted by Crippen LogP contribution is -2.48. The van der Waals surface area contributed by atoms with Crippen LogP contribution >= 0.6 is 0 Å². The summed E-state index contributed by atoms with van der Waals surface area (Å²) in [6, 6.07) is 7.13. The number of nitrogens with zero attached hydrogens (tertiary/aromatic N) is 2. The van der Waals surface area contributed by atoms with Crippen LogP contribution in [-0.4, -0.2) is 49.6 Å². The zero-order chi connectivity index (χ0) is 17.2. The summed E-state index contributed by atoms with van der Waals surface area (Å²) in [5, 5.41) is 0. The molecule has 7 nitrogen and oxygen atoms in total. The van der Waals surface area contributed by atoms with E-state index in [1.54, 1.807) is 4.90 Å². The largest absolute Gasteiger partial charge is 0.437 e. The Labute approximate surface area is 140 Å². The number of hydrogen-bond acceptors (Lipinski definition) is 5. The van der Waals surface area contributed by atoms with Gasteiger partial charge in [-0.25, -0.2) is 18.1 Å². The number of fused-ring (bicyclic) bond motifs is 1. The highest BCUT2D eigenvalue weighted by Crippen LogP contribution is 2.16. The Hall–Kier alpha value is -2.19. The van der Waals surface area contributed by atoms with E-state index in [9.17, 15) is 13.2 Å². The third kappa shape index (κ3) is 4.21. The molecule has 1 unspecified atom stereocenters. The first-order valence-corrected chi connectivity index (χ1v) is 9.60. The number of amides is 1. The molecule has 1 saturated heterocycles. The molecular formula is C16H19N3O4S. The van der Waals surface area contributed by atoms with Crippen LogP contribution in [0.3, 0.4) is 0 Å². The van der Waals surface area contributed by atoms with E-state index in [-0.39, 0.29) is 11.9 Å². The number of carbonyl (C=O) groups is 1. The van der Waals surface area contributed by atoms with E-state index in [2.05, 4.69) is 9.71 Å². The molecule has 1 amide bonds. The van der Waals surface area contributed by atoms with Crippen LogP contribution in [0, 0.1) is 0 Å². The third-order valence-corrected chi connectivity index (χ3v) is 4.55. The maximum Gasteiger partial charge on any atom is 0.246 e. The summed E-state index contributed by atoms with van der Waals surface area (Å²) in [7, 11) is -3.27. The number of hydrogen-bond donors (Lipinski definition) is 1. The van der Waals surface area contributed by atoms with Crippen molar-refractivity contribution in [3.8, 4) is 0 Å². The second kappa shape index (κ2) is 6.74. The van der Waals surface area contributed by atoms with Crippen LogP contribution in [0.4, 0.5) is 0 Å². The fraction of sp³-hybridized carbons (Fsp3) is 0.375. The van der Waals surface area contributed by atoms with E-state index >= 15 is 0 Å². The van der Waals surface area contributed by atoms with Gasteiger partial charge in [-0.3, -0.25) is 4.79 Å². The van der Waals surface area contributed by atoms with E-state index in [4.69, 9.17) is 4.42 Å². The van der Waals surface area contributed by atoms with E-state index in [1.807, 2.05) is 24.3 Å². The summed E-state index contributed by atoms with van der Waals surface area (Å²) in [4.78, 5) is 18.2. The van der Waals surface area contributed by atoms with E-state index < -0.39 is 10.0 Å². The number of oxazole rings is 1. The van der Waals surface area contributed by atoms with Crippen LogP contribution in [0.15, 0.2) is 34.8 Å². The molecule has 1 aromatic heterocycles. The number of para-hydroxylation sites is 2. The number of carbonyl (C=O) groups excluding carboxylic acids is 1. The minimum Gasteiger partial charge on any atom is -0.437 e. The molecule has 0 saturated carbocycles. The fourth-order valence-electron chi connectivity index (χ4n) is 2.79. The van der Waals surface area contributed by atoms with Gasteiger partial charge >= 0.3 is 0 Å². The molecule has 24 heavy (non-hydrogen) atoms. The highest BCUT2D eigenvalue weighted by Gasteiger charge is 2.24. The number of piperidine rings is 1. The molecule has 0 aliphatic carbocycles. The van der Waals surface area contributed by atoms with Gasteiger partial charge in [-0.2, -0.15) is 0 Å². The van der Waals surface area contributed by atoms with Crippen molar-refractivity contribution in [2.75, 3.05) is 19.3 Å². The molecule has 128 valence electrons. The first kappa shape index (κ1) is 16.7. The van der Waals surface area contributed by atoms with E-state index in [0.29, 0.717) is 24.6 Å². The summed E-state index contributed by atoms with van der Waals surface area (Å²) in [5.41, 5.74) is 1.40. The van der Waals surface area contributed by atoms with Crippen LogP contribution in [0.2, 0.25) is 0 Å². The molecular weight excluding hydrogens is 330 g/mol. The van der Waals surface area contributed by atoms with E-state index in [1.165, 1.54) is 12.2 Å². The van der Waals surface area contributed by atoms with Gasteiger partial charge in [-0.05, 0) is 25.0 Å². The lowest BCUT2D eigenvalue weighted by Gasteiger charge is -2.32. The van der Waals surface area contributed by atoms with E-state index in [0.717, 1.165) is 24.6 Å². The zero-order valence-electron chi connectivity index (χ0n) is 13.3. The van der Waals surface area contributed by atoms with Crippen LogP contribution < -0.4 is 4.72 Å². The molecule has 8 heteroatoms. The second-order valence-corrected chi connectivity index (χ2v) is 7.65. The lowest BCUT2D eigenvalue weighted by molar-refractivity contribution is -0.127. The summed E-state index contributed by atoms with van der Waals surface area (Å²) in [5.74, 6) is 0.185. The van der Waals surface area contributed by atoms with Gasteiger partial charge in [-0.15, -0.1) is 0 Å². The molecule has 2 heterocycles. The number of aromatic nitrogens is 1. The second-order valence-electron chi connectivity index (χ2n) is 5.87. The van der Waals surface area contributed by atoms with Crippen LogP contribution in [0.1, 0.15) is 18.7 Å². The zero-order valence-corrected chi connectivity index (χ0v) is 14.1. The Morgan fingerprint density at radius 3 is 2.96 bits per heavy atom. The summed E-state index contributed by atoms with van der Waals surface area (Å²) in [6.45, 7) is 0.975. The molecule has 1 aliphatic rings. The molecule has 0 spiro atoms. The van der Waals surface area contributed by atoms with Crippen molar-refractivity contribution in [2.45, 2.75) is 18.9 Å². The van der Waals surface area contributed by atoms with Crippen molar-refractivity contribution >= 4 is 33.1 Å². The quantitative estimate of drug-likeness (QED) is 0.842. The maximum absolute atomic E-state index is 12.3. The van der Waals surface area contributed by atoms with Gasteiger partial charge in [-0.1, -0.05) is 12.1 Å². The average Bonchev–Trinajstić information content (AvgIpc) is 2.94. The SMILES string of the molecule is CS(=O)(=O)NC1CCCN(C(=O)/C=C/c2nc3ccccc3o2)C1. The Bertz CT molecular complexity index is 839. The van der Waals surface area contributed by atoms with Gasteiger partial charge in [0.2, 0.25) is 21.8 Å². The van der Waals surface area contributed by atoms with Gasteiger partial charge in [0.1, 0.15) is 5.52 Å². The lowest BCUT2D eigenvalue weighted by atomic mass is 10.1. The monoisotopic (exact) mass is 349 g/mol. The van der Waals surface area contributed by atoms with Crippen molar-refractivity contribution in [1.29, 1.82) is 0 Å². The molecule has 1 atom stereocenters. The predicted molar refractivity (Wildman–Crippen MR) is 90.6 cm³/mol. The molecule has 1 fully saturated rings. The van der Waals surface area contributed by atoms with Gasteiger partial charge < -0.3 is 9.32 Å². The number of likely N-dealkylation sites (tertiary alicyclic amines) is 1. The van der Waals surface area contributed by atoms with Crippen molar-refractivity contribution in [1.82, 2.24) is 14.6 Å². The number of rotatable bonds is 4. The Morgan fingerprint density at radius 1 is 1.42 bits per heavy atom. The summed E-state index contributed by atoms with van der Waals surface area (Å²) >= 11 is 0. The van der Waals surface area contributed by atoms with Crippen LogP contribution in [0.5, 0.6) is 0 Å². The average molecular weight is 349 g/mol. The van der Waals surface area contributed by atoms with Crippen molar-refractivity contribution < 1.29 is 17.6 Å². The number of sulfonamides is 1. The molecule has 3 rings (SSSR count). The maximum atomic E-state index is 12.3. The number of benzene rings is 1. The predicted octanol–water partition coefficient (Wildman–Crippen LogP) is 1.38. The Morgan fingerprint density at radius 2 is 2.21 bits per heavy atom. The first-order valence-electron chi connectivity index (χ1n) is 7.70. The normalized spacial score (nSPS) is 19.2. The highest BCUT2D eigenvalue weighted by molar-refractivity contribution is 7.88. The third-order valence-electron chi connectivity index (χ3n) is 3.79. The van der Waals surface area contributed by atoms with Gasteiger partial charge in [0, 0.05) is 31.3 Å².